The number of rotatable bonds is 6. The van der Waals surface area contributed by atoms with E-state index in [1.807, 2.05) is 13.0 Å². The molecule has 17 heavy (non-hydrogen) atoms. The third kappa shape index (κ3) is 4.48. The molecule has 1 N–H and O–H groups in total. The second kappa shape index (κ2) is 6.77. The summed E-state index contributed by atoms with van der Waals surface area (Å²) >= 11 is 5.91. The van der Waals surface area contributed by atoms with Gasteiger partial charge in [0.15, 0.2) is 0 Å². The monoisotopic (exact) mass is 262 g/mol. The highest BCUT2D eigenvalue weighted by Crippen LogP contribution is 2.24. The van der Waals surface area contributed by atoms with Crippen LogP contribution in [0.5, 0.6) is 0 Å². The molecule has 0 fully saturated rings. The van der Waals surface area contributed by atoms with Gasteiger partial charge in [0.1, 0.15) is 0 Å². The quantitative estimate of drug-likeness (QED) is 0.847. The van der Waals surface area contributed by atoms with Crippen molar-refractivity contribution in [2.45, 2.75) is 19.9 Å². The second-order valence-corrected chi connectivity index (χ2v) is 4.26. The molecule has 96 valence electrons. The van der Waals surface area contributed by atoms with E-state index >= 15 is 0 Å². The fourth-order valence-corrected chi connectivity index (χ4v) is 1.83. The lowest BCUT2D eigenvalue weighted by atomic mass is 10.1. The zero-order chi connectivity index (χ0) is 12.8. The van der Waals surface area contributed by atoms with Gasteiger partial charge >= 0.3 is 0 Å². The van der Waals surface area contributed by atoms with Crippen molar-refractivity contribution >= 4 is 17.3 Å². The minimum atomic E-state index is -2.34. The Hall–Kier alpha value is -0.870. The molecule has 0 amide bonds. The van der Waals surface area contributed by atoms with Gasteiger partial charge in [-0.1, -0.05) is 18.5 Å². The third-order valence-corrected chi connectivity index (χ3v) is 2.67. The summed E-state index contributed by atoms with van der Waals surface area (Å²) < 4.78 is 24.7. The van der Waals surface area contributed by atoms with Crippen LogP contribution in [0.4, 0.5) is 14.5 Å². The molecule has 0 aliphatic heterocycles. The first-order valence-corrected chi connectivity index (χ1v) is 5.90. The maximum Gasteiger partial charge on any atom is 0.255 e. The Kier molecular flexibility index (Phi) is 5.65. The molecule has 0 spiro atoms. The Morgan fingerprint density at radius 3 is 2.71 bits per heavy atom. The number of alkyl halides is 2. The second-order valence-electron chi connectivity index (χ2n) is 3.82. The Labute approximate surface area is 106 Å². The fourth-order valence-electron chi connectivity index (χ4n) is 1.63. The summed E-state index contributed by atoms with van der Waals surface area (Å²) in [6.07, 6.45) is -2.34. The van der Waals surface area contributed by atoms with Gasteiger partial charge in [-0.15, -0.1) is 0 Å². The third-order valence-electron chi connectivity index (χ3n) is 2.43. The highest BCUT2D eigenvalue weighted by Gasteiger charge is 2.12. The zero-order valence-corrected chi connectivity index (χ0v) is 10.8. The van der Waals surface area contributed by atoms with E-state index in [0.717, 1.165) is 17.8 Å². The summed E-state index contributed by atoms with van der Waals surface area (Å²) in [6, 6.07) is 5.30. The molecule has 0 aliphatic carbocycles. The minimum absolute atomic E-state index is 0.277. The van der Waals surface area contributed by atoms with Crippen LogP contribution in [0.3, 0.4) is 0 Å². The Morgan fingerprint density at radius 2 is 2.12 bits per heavy atom. The first-order valence-electron chi connectivity index (χ1n) is 5.53. The molecule has 0 bridgehead atoms. The molecule has 0 saturated heterocycles. The average molecular weight is 263 g/mol. The van der Waals surface area contributed by atoms with Crippen molar-refractivity contribution in [3.63, 3.8) is 0 Å². The summed E-state index contributed by atoms with van der Waals surface area (Å²) in [6.45, 7) is 3.17. The van der Waals surface area contributed by atoms with E-state index in [1.54, 1.807) is 24.1 Å². The summed E-state index contributed by atoms with van der Waals surface area (Å²) in [4.78, 5) is 1.55. The van der Waals surface area contributed by atoms with Crippen LogP contribution in [0, 0.1) is 0 Å². The number of anilines is 1. The van der Waals surface area contributed by atoms with Crippen LogP contribution < -0.4 is 10.2 Å². The van der Waals surface area contributed by atoms with E-state index in [4.69, 9.17) is 11.6 Å². The van der Waals surface area contributed by atoms with Gasteiger partial charge in [-0.3, -0.25) is 0 Å². The van der Waals surface area contributed by atoms with Gasteiger partial charge in [-0.2, -0.15) is 0 Å². The van der Waals surface area contributed by atoms with Crippen molar-refractivity contribution in [3.8, 4) is 0 Å². The molecule has 0 atom stereocenters. The van der Waals surface area contributed by atoms with Gasteiger partial charge in [0.25, 0.3) is 6.43 Å². The van der Waals surface area contributed by atoms with E-state index in [-0.39, 0.29) is 6.54 Å². The molecular weight excluding hydrogens is 246 g/mol. The van der Waals surface area contributed by atoms with Crippen molar-refractivity contribution in [1.29, 1.82) is 0 Å². The van der Waals surface area contributed by atoms with Gasteiger partial charge in [0, 0.05) is 24.3 Å². The maximum absolute atomic E-state index is 12.4. The Morgan fingerprint density at radius 1 is 1.41 bits per heavy atom. The summed E-state index contributed by atoms with van der Waals surface area (Å²) in [7, 11) is 1.66. The molecule has 0 radical (unpaired) electrons. The lowest BCUT2D eigenvalue weighted by Crippen LogP contribution is -2.26. The fraction of sp³-hybridized carbons (Fsp3) is 0.500. The van der Waals surface area contributed by atoms with E-state index in [2.05, 4.69) is 5.32 Å². The summed E-state index contributed by atoms with van der Waals surface area (Å²) in [5.41, 5.74) is 1.72. The van der Waals surface area contributed by atoms with Gasteiger partial charge in [-0.05, 0) is 30.3 Å². The van der Waals surface area contributed by atoms with Gasteiger partial charge in [-0.25, -0.2) is 8.78 Å². The van der Waals surface area contributed by atoms with Gasteiger partial charge < -0.3 is 10.2 Å². The lowest BCUT2D eigenvalue weighted by molar-refractivity contribution is 0.156. The van der Waals surface area contributed by atoms with Crippen molar-refractivity contribution in [1.82, 2.24) is 5.32 Å². The Balaban J connectivity index is 2.88. The van der Waals surface area contributed by atoms with Crippen LogP contribution in [-0.2, 0) is 6.54 Å². The first-order chi connectivity index (χ1) is 8.04. The molecule has 1 rings (SSSR count). The molecule has 0 unspecified atom stereocenters. The minimum Gasteiger partial charge on any atom is -0.369 e. The number of hydrogen-bond acceptors (Lipinski definition) is 2. The zero-order valence-electron chi connectivity index (χ0n) is 10.0. The highest BCUT2D eigenvalue weighted by molar-refractivity contribution is 6.30. The van der Waals surface area contributed by atoms with E-state index < -0.39 is 6.43 Å². The molecule has 1 aromatic rings. The summed E-state index contributed by atoms with van der Waals surface area (Å²) in [5, 5.41) is 3.79. The van der Waals surface area contributed by atoms with Crippen LogP contribution in [0.15, 0.2) is 18.2 Å². The van der Waals surface area contributed by atoms with Crippen molar-refractivity contribution in [2.75, 3.05) is 25.0 Å². The topological polar surface area (TPSA) is 15.3 Å². The molecule has 1 aromatic carbocycles. The largest absolute Gasteiger partial charge is 0.369 e. The van der Waals surface area contributed by atoms with E-state index in [9.17, 15) is 8.78 Å². The highest BCUT2D eigenvalue weighted by atomic mass is 35.5. The van der Waals surface area contributed by atoms with Crippen molar-refractivity contribution < 1.29 is 8.78 Å². The molecule has 0 heterocycles. The van der Waals surface area contributed by atoms with Crippen LogP contribution in [0.1, 0.15) is 12.5 Å². The number of halogens is 3. The maximum atomic E-state index is 12.4. The predicted octanol–water partition coefficient (Wildman–Crippen LogP) is 3.15. The lowest BCUT2D eigenvalue weighted by Gasteiger charge is -2.22. The van der Waals surface area contributed by atoms with Crippen LogP contribution in [-0.4, -0.2) is 26.6 Å². The van der Waals surface area contributed by atoms with Crippen molar-refractivity contribution in [3.05, 3.63) is 28.8 Å². The smallest absolute Gasteiger partial charge is 0.255 e. The molecule has 0 aromatic heterocycles. The van der Waals surface area contributed by atoms with Gasteiger partial charge in [0.2, 0.25) is 0 Å². The number of hydrogen-bond donors (Lipinski definition) is 1. The normalized spacial score (nSPS) is 10.9. The van der Waals surface area contributed by atoms with E-state index in [1.165, 1.54) is 0 Å². The standard InChI is InChI=1S/C12H17ClF2N2/c1-3-16-7-9-6-10(13)4-5-11(9)17(2)8-12(14)15/h4-6,12,16H,3,7-8H2,1-2H3. The number of benzene rings is 1. The predicted molar refractivity (Wildman–Crippen MR) is 68.1 cm³/mol. The summed E-state index contributed by atoms with van der Waals surface area (Å²) in [5.74, 6) is 0. The first kappa shape index (κ1) is 14.2. The van der Waals surface area contributed by atoms with Crippen LogP contribution in [0.25, 0.3) is 0 Å². The molecule has 0 saturated carbocycles. The van der Waals surface area contributed by atoms with Gasteiger partial charge in [0.05, 0.1) is 6.54 Å². The molecule has 5 heteroatoms. The average Bonchev–Trinajstić information content (AvgIpc) is 2.25. The molecule has 0 aliphatic rings. The van der Waals surface area contributed by atoms with Crippen LogP contribution >= 0.6 is 11.6 Å². The SMILES string of the molecule is CCNCc1cc(Cl)ccc1N(C)CC(F)F. The number of nitrogens with one attached hydrogen (secondary N) is 1. The Bertz CT molecular complexity index is 358. The van der Waals surface area contributed by atoms with E-state index in [0.29, 0.717) is 11.6 Å². The molecular formula is C12H17ClF2N2. The number of nitrogens with zero attached hydrogens (tertiary/aromatic N) is 1. The molecule has 2 nitrogen and oxygen atoms in total. The van der Waals surface area contributed by atoms with Crippen LogP contribution in [0.2, 0.25) is 5.02 Å². The van der Waals surface area contributed by atoms with Crippen molar-refractivity contribution in [2.24, 2.45) is 0 Å².